The Hall–Kier alpha value is -2.73. The summed E-state index contributed by atoms with van der Waals surface area (Å²) in [6, 6.07) is 13.6. The van der Waals surface area contributed by atoms with E-state index < -0.39 is 0 Å². The molecule has 0 aromatic heterocycles. The van der Waals surface area contributed by atoms with E-state index >= 15 is 0 Å². The van der Waals surface area contributed by atoms with Gasteiger partial charge in [0.25, 0.3) is 11.8 Å². The molecule has 1 fully saturated rings. The number of fused-ring (bicyclic) bond motifs is 1. The summed E-state index contributed by atoms with van der Waals surface area (Å²) in [6.45, 7) is 4.91. The maximum absolute atomic E-state index is 13.0. The van der Waals surface area contributed by atoms with Gasteiger partial charge in [-0.15, -0.1) is 0 Å². The van der Waals surface area contributed by atoms with E-state index in [2.05, 4.69) is 9.80 Å². The van der Waals surface area contributed by atoms with Crippen molar-refractivity contribution >= 4 is 17.5 Å². The number of imide groups is 1. The minimum Gasteiger partial charge on any atom is -0.369 e. The third-order valence-electron chi connectivity index (χ3n) is 5.30. The first kappa shape index (κ1) is 17.7. The number of anilines is 1. The Bertz CT molecular complexity index is 810. The number of carbonyl (C=O) groups is 2. The molecular formula is C21H22FN3O2. The van der Waals surface area contributed by atoms with Crippen molar-refractivity contribution in [2.24, 2.45) is 0 Å². The minimum absolute atomic E-state index is 0.184. The van der Waals surface area contributed by atoms with E-state index in [-0.39, 0.29) is 17.6 Å². The van der Waals surface area contributed by atoms with Crippen LogP contribution in [0.25, 0.3) is 0 Å². The Morgan fingerprint density at radius 2 is 1.37 bits per heavy atom. The van der Waals surface area contributed by atoms with Gasteiger partial charge in [0.1, 0.15) is 5.82 Å². The smallest absolute Gasteiger partial charge is 0.261 e. The van der Waals surface area contributed by atoms with Crippen LogP contribution in [0.3, 0.4) is 0 Å². The number of nitrogens with zero attached hydrogens (tertiary/aromatic N) is 3. The topological polar surface area (TPSA) is 43.9 Å². The van der Waals surface area contributed by atoms with E-state index in [4.69, 9.17) is 0 Å². The summed E-state index contributed by atoms with van der Waals surface area (Å²) in [7, 11) is 0. The minimum atomic E-state index is -0.217. The Balaban J connectivity index is 1.25. The lowest BCUT2D eigenvalue weighted by Crippen LogP contribution is -2.47. The lowest BCUT2D eigenvalue weighted by atomic mass is 10.1. The van der Waals surface area contributed by atoms with E-state index in [0.717, 1.165) is 44.8 Å². The molecule has 0 unspecified atom stereocenters. The molecule has 6 heteroatoms. The zero-order chi connectivity index (χ0) is 18.8. The average molecular weight is 367 g/mol. The van der Waals surface area contributed by atoms with Crippen LogP contribution in [0.4, 0.5) is 10.1 Å². The zero-order valence-electron chi connectivity index (χ0n) is 15.1. The molecule has 0 radical (unpaired) electrons. The number of carbonyl (C=O) groups excluding carboxylic acids is 2. The van der Waals surface area contributed by atoms with Crippen LogP contribution in [0.15, 0.2) is 48.5 Å². The molecule has 140 valence electrons. The van der Waals surface area contributed by atoms with Crippen LogP contribution < -0.4 is 4.90 Å². The van der Waals surface area contributed by atoms with Gasteiger partial charge in [0.2, 0.25) is 0 Å². The lowest BCUT2D eigenvalue weighted by molar-refractivity contribution is 0.0647. The largest absolute Gasteiger partial charge is 0.369 e. The normalized spacial score (nSPS) is 17.5. The summed E-state index contributed by atoms with van der Waals surface area (Å²) in [4.78, 5) is 30.7. The van der Waals surface area contributed by atoms with E-state index in [0.29, 0.717) is 17.7 Å². The fourth-order valence-corrected chi connectivity index (χ4v) is 3.78. The molecule has 0 atom stereocenters. The van der Waals surface area contributed by atoms with Gasteiger partial charge < -0.3 is 4.90 Å². The van der Waals surface area contributed by atoms with Gasteiger partial charge >= 0.3 is 0 Å². The van der Waals surface area contributed by atoms with Crippen molar-refractivity contribution in [3.05, 3.63) is 65.5 Å². The molecule has 2 aromatic rings. The molecule has 2 amide bonds. The standard InChI is InChI=1S/C21H22FN3O2/c22-16-6-8-17(9-7-16)24-14-12-23(13-15-24)10-3-11-25-20(26)18-4-1-2-5-19(18)21(25)27/h1-2,4-9H,3,10-15H2. The van der Waals surface area contributed by atoms with Crippen LogP contribution in [-0.2, 0) is 0 Å². The first-order valence-corrected chi connectivity index (χ1v) is 9.31. The van der Waals surface area contributed by atoms with Gasteiger partial charge in [0, 0.05) is 38.4 Å². The number of rotatable bonds is 5. The molecule has 0 aliphatic carbocycles. The molecule has 0 spiro atoms. The molecule has 2 heterocycles. The summed E-state index contributed by atoms with van der Waals surface area (Å²) in [6.07, 6.45) is 0.766. The average Bonchev–Trinajstić information content (AvgIpc) is 2.94. The maximum Gasteiger partial charge on any atom is 0.261 e. The van der Waals surface area contributed by atoms with Crippen LogP contribution in [0.1, 0.15) is 27.1 Å². The predicted molar refractivity (Wildman–Crippen MR) is 101 cm³/mol. The van der Waals surface area contributed by atoms with Gasteiger partial charge in [0.15, 0.2) is 0 Å². The number of hydrogen-bond donors (Lipinski definition) is 0. The molecule has 1 saturated heterocycles. The van der Waals surface area contributed by atoms with Gasteiger partial charge in [-0.1, -0.05) is 12.1 Å². The van der Waals surface area contributed by atoms with E-state index in [1.165, 1.54) is 17.0 Å². The molecule has 2 aliphatic rings. The summed E-state index contributed by atoms with van der Waals surface area (Å²) < 4.78 is 13.0. The van der Waals surface area contributed by atoms with Crippen molar-refractivity contribution < 1.29 is 14.0 Å². The molecule has 5 nitrogen and oxygen atoms in total. The first-order chi connectivity index (χ1) is 13.1. The second-order valence-electron chi connectivity index (χ2n) is 6.97. The van der Waals surface area contributed by atoms with Crippen molar-refractivity contribution in [1.29, 1.82) is 0 Å². The SMILES string of the molecule is O=C1c2ccccc2C(=O)N1CCCN1CCN(c2ccc(F)cc2)CC1. The summed E-state index contributed by atoms with van der Waals surface area (Å²) in [5.41, 5.74) is 2.06. The molecule has 27 heavy (non-hydrogen) atoms. The Kier molecular flexibility index (Phi) is 4.90. The summed E-state index contributed by atoms with van der Waals surface area (Å²) >= 11 is 0. The molecule has 0 bridgehead atoms. The fourth-order valence-electron chi connectivity index (χ4n) is 3.78. The summed E-state index contributed by atoms with van der Waals surface area (Å²) in [5.74, 6) is -0.584. The second-order valence-corrected chi connectivity index (χ2v) is 6.97. The molecule has 2 aliphatic heterocycles. The number of halogens is 1. The monoisotopic (exact) mass is 367 g/mol. The van der Waals surface area contributed by atoms with Crippen molar-refractivity contribution in [2.45, 2.75) is 6.42 Å². The van der Waals surface area contributed by atoms with Gasteiger partial charge in [-0.2, -0.15) is 0 Å². The summed E-state index contributed by atoms with van der Waals surface area (Å²) in [5, 5.41) is 0. The van der Waals surface area contributed by atoms with Crippen LogP contribution in [0.5, 0.6) is 0 Å². The third kappa shape index (κ3) is 3.57. The molecule has 4 rings (SSSR count). The van der Waals surface area contributed by atoms with E-state index in [1.807, 2.05) is 12.1 Å². The van der Waals surface area contributed by atoms with Crippen LogP contribution in [0.2, 0.25) is 0 Å². The highest BCUT2D eigenvalue weighted by Crippen LogP contribution is 2.22. The highest BCUT2D eigenvalue weighted by atomic mass is 19.1. The quantitative estimate of drug-likeness (QED) is 0.762. The van der Waals surface area contributed by atoms with E-state index in [1.54, 1.807) is 24.3 Å². The molecule has 2 aromatic carbocycles. The molecule has 0 N–H and O–H groups in total. The van der Waals surface area contributed by atoms with Crippen molar-refractivity contribution in [1.82, 2.24) is 9.80 Å². The zero-order valence-corrected chi connectivity index (χ0v) is 15.1. The Morgan fingerprint density at radius 1 is 0.778 bits per heavy atom. The maximum atomic E-state index is 13.0. The Morgan fingerprint density at radius 3 is 1.96 bits per heavy atom. The van der Waals surface area contributed by atoms with E-state index in [9.17, 15) is 14.0 Å². The van der Waals surface area contributed by atoms with Gasteiger partial charge in [-0.25, -0.2) is 4.39 Å². The molecule has 0 saturated carbocycles. The van der Waals surface area contributed by atoms with Crippen LogP contribution in [0, 0.1) is 5.82 Å². The second kappa shape index (κ2) is 7.48. The first-order valence-electron chi connectivity index (χ1n) is 9.31. The third-order valence-corrected chi connectivity index (χ3v) is 5.30. The number of amides is 2. The van der Waals surface area contributed by atoms with Gasteiger partial charge in [0.05, 0.1) is 11.1 Å². The predicted octanol–water partition coefficient (Wildman–Crippen LogP) is 2.63. The van der Waals surface area contributed by atoms with Gasteiger partial charge in [-0.3, -0.25) is 19.4 Å². The van der Waals surface area contributed by atoms with Crippen LogP contribution in [-0.4, -0.2) is 60.9 Å². The number of piperazine rings is 1. The van der Waals surface area contributed by atoms with Gasteiger partial charge in [-0.05, 0) is 49.4 Å². The molecular weight excluding hydrogens is 345 g/mol. The lowest BCUT2D eigenvalue weighted by Gasteiger charge is -2.36. The van der Waals surface area contributed by atoms with Crippen molar-refractivity contribution in [2.75, 3.05) is 44.2 Å². The number of hydrogen-bond acceptors (Lipinski definition) is 4. The highest BCUT2D eigenvalue weighted by Gasteiger charge is 2.34. The van der Waals surface area contributed by atoms with Crippen LogP contribution >= 0.6 is 0 Å². The Labute approximate surface area is 158 Å². The van der Waals surface area contributed by atoms with Crippen molar-refractivity contribution in [3.63, 3.8) is 0 Å². The number of benzene rings is 2. The highest BCUT2D eigenvalue weighted by molar-refractivity contribution is 6.21. The van der Waals surface area contributed by atoms with Crippen molar-refractivity contribution in [3.8, 4) is 0 Å². The fraction of sp³-hybridized carbons (Fsp3) is 0.333.